The number of unbranched alkanes of at least 4 members (excludes halogenated alkanes) is 1. The van der Waals surface area contributed by atoms with Gasteiger partial charge in [-0.25, -0.2) is 0 Å². The average molecular weight is 266 g/mol. The summed E-state index contributed by atoms with van der Waals surface area (Å²) in [4.78, 5) is 11.2. The number of aldehydes is 1. The van der Waals surface area contributed by atoms with Crippen LogP contribution in [0.25, 0.3) is 0 Å². The van der Waals surface area contributed by atoms with Gasteiger partial charge in [0.1, 0.15) is 13.8 Å². The lowest BCUT2D eigenvalue weighted by molar-refractivity contribution is 0.112. The van der Waals surface area contributed by atoms with E-state index in [1.165, 1.54) is 18.1 Å². The minimum atomic E-state index is -1.49. The van der Waals surface area contributed by atoms with Crippen molar-refractivity contribution in [2.75, 3.05) is 0 Å². The van der Waals surface area contributed by atoms with E-state index in [1.807, 2.05) is 6.07 Å². The van der Waals surface area contributed by atoms with Crippen LogP contribution in [0.3, 0.4) is 0 Å². The van der Waals surface area contributed by atoms with Crippen molar-refractivity contribution >= 4 is 19.7 Å². The second kappa shape index (κ2) is 6.93. The molecule has 0 bridgehead atoms. The summed E-state index contributed by atoms with van der Waals surface area (Å²) in [7, 11) is -1.49. The third-order valence-electron chi connectivity index (χ3n) is 4.28. The SMILES string of the molecule is CCCCc1oc([Si](CC)(CC)CC)cc1C=O. The van der Waals surface area contributed by atoms with Crippen molar-refractivity contribution < 1.29 is 9.21 Å². The molecule has 0 aromatic carbocycles. The molecule has 0 radical (unpaired) electrons. The van der Waals surface area contributed by atoms with E-state index in [0.717, 1.165) is 42.3 Å². The minimum absolute atomic E-state index is 0.783. The Bertz CT molecular complexity index is 370. The van der Waals surface area contributed by atoms with E-state index < -0.39 is 8.07 Å². The predicted octanol–water partition coefficient (Wildman–Crippen LogP) is 4.15. The van der Waals surface area contributed by atoms with Crippen LogP contribution in [0.15, 0.2) is 10.5 Å². The van der Waals surface area contributed by atoms with Crippen LogP contribution < -0.4 is 5.38 Å². The summed E-state index contributed by atoms with van der Waals surface area (Å²) in [5.74, 6) is 0.911. The molecule has 0 N–H and O–H groups in total. The molecule has 18 heavy (non-hydrogen) atoms. The molecule has 0 amide bonds. The molecule has 0 saturated heterocycles. The number of hydrogen-bond acceptors (Lipinski definition) is 2. The molecule has 0 spiro atoms. The molecule has 0 unspecified atom stereocenters. The average Bonchev–Trinajstić information content (AvgIpc) is 2.83. The van der Waals surface area contributed by atoms with Crippen LogP contribution in [0.5, 0.6) is 0 Å². The molecule has 0 aliphatic carbocycles. The van der Waals surface area contributed by atoms with Gasteiger partial charge >= 0.3 is 0 Å². The Morgan fingerprint density at radius 1 is 1.17 bits per heavy atom. The van der Waals surface area contributed by atoms with Crippen LogP contribution in [0.4, 0.5) is 0 Å². The van der Waals surface area contributed by atoms with Gasteiger partial charge in [0.05, 0.1) is 10.9 Å². The molecule has 102 valence electrons. The number of aryl methyl sites for hydroxylation is 1. The first-order valence-corrected chi connectivity index (χ1v) is 9.87. The highest BCUT2D eigenvalue weighted by Crippen LogP contribution is 2.23. The molecule has 1 aromatic rings. The third kappa shape index (κ3) is 2.94. The van der Waals surface area contributed by atoms with Crippen molar-refractivity contribution in [2.24, 2.45) is 0 Å². The Kier molecular flexibility index (Phi) is 5.86. The van der Waals surface area contributed by atoms with E-state index in [0.29, 0.717) is 0 Å². The first-order valence-electron chi connectivity index (χ1n) is 7.25. The van der Waals surface area contributed by atoms with Gasteiger partial charge in [-0.05, 0) is 12.5 Å². The van der Waals surface area contributed by atoms with Crippen molar-refractivity contribution in [1.29, 1.82) is 0 Å². The van der Waals surface area contributed by atoms with Gasteiger partial charge in [-0.3, -0.25) is 4.79 Å². The van der Waals surface area contributed by atoms with Crippen LogP contribution in [-0.4, -0.2) is 14.4 Å². The second-order valence-corrected chi connectivity index (χ2v) is 10.2. The molecule has 3 heteroatoms. The molecular weight excluding hydrogens is 240 g/mol. The number of carbonyl (C=O) groups is 1. The Hall–Kier alpha value is -0.833. The second-order valence-electron chi connectivity index (χ2n) is 5.05. The van der Waals surface area contributed by atoms with E-state index in [2.05, 4.69) is 27.7 Å². The fraction of sp³-hybridized carbons (Fsp3) is 0.667. The number of rotatable bonds is 8. The lowest BCUT2D eigenvalue weighted by Gasteiger charge is -2.24. The lowest BCUT2D eigenvalue weighted by Crippen LogP contribution is -2.44. The summed E-state index contributed by atoms with van der Waals surface area (Å²) in [6.07, 6.45) is 4.07. The highest BCUT2D eigenvalue weighted by atomic mass is 28.3. The fourth-order valence-corrected chi connectivity index (χ4v) is 5.96. The topological polar surface area (TPSA) is 30.2 Å². The van der Waals surface area contributed by atoms with Crippen molar-refractivity contribution in [2.45, 2.75) is 65.1 Å². The number of hydrogen-bond donors (Lipinski definition) is 0. The summed E-state index contributed by atoms with van der Waals surface area (Å²) in [5.41, 5.74) is 0.783. The van der Waals surface area contributed by atoms with Gasteiger partial charge < -0.3 is 4.42 Å². The van der Waals surface area contributed by atoms with Crippen LogP contribution >= 0.6 is 0 Å². The standard InChI is InChI=1S/C15H26O2Si/c1-5-9-10-14-13(12-16)11-15(17-14)18(6-2,7-3)8-4/h11-12H,5-10H2,1-4H3. The van der Waals surface area contributed by atoms with Crippen molar-refractivity contribution in [1.82, 2.24) is 0 Å². The molecular formula is C15H26O2Si. The normalized spacial score (nSPS) is 11.8. The van der Waals surface area contributed by atoms with Crippen LogP contribution in [-0.2, 0) is 6.42 Å². The van der Waals surface area contributed by atoms with E-state index in [4.69, 9.17) is 4.42 Å². The molecule has 0 saturated carbocycles. The first-order chi connectivity index (χ1) is 8.67. The number of carbonyl (C=O) groups excluding carboxylic acids is 1. The third-order valence-corrected chi connectivity index (χ3v) is 9.63. The van der Waals surface area contributed by atoms with Gasteiger partial charge in [0, 0.05) is 6.42 Å². The summed E-state index contributed by atoms with van der Waals surface area (Å²) >= 11 is 0. The summed E-state index contributed by atoms with van der Waals surface area (Å²) in [6, 6.07) is 5.61. The predicted molar refractivity (Wildman–Crippen MR) is 79.5 cm³/mol. The van der Waals surface area contributed by atoms with Crippen molar-refractivity contribution in [3.05, 3.63) is 17.4 Å². The fourth-order valence-electron chi connectivity index (χ4n) is 2.61. The van der Waals surface area contributed by atoms with Gasteiger partial charge in [-0.15, -0.1) is 0 Å². The van der Waals surface area contributed by atoms with E-state index in [9.17, 15) is 4.79 Å². The van der Waals surface area contributed by atoms with Crippen molar-refractivity contribution in [3.63, 3.8) is 0 Å². The van der Waals surface area contributed by atoms with Crippen molar-refractivity contribution in [3.8, 4) is 0 Å². The summed E-state index contributed by atoms with van der Waals surface area (Å²) < 4.78 is 6.08. The zero-order valence-electron chi connectivity index (χ0n) is 12.2. The van der Waals surface area contributed by atoms with Gasteiger partial charge in [-0.2, -0.15) is 0 Å². The molecule has 1 aromatic heterocycles. The zero-order valence-corrected chi connectivity index (χ0v) is 13.2. The van der Waals surface area contributed by atoms with Gasteiger partial charge in [0.2, 0.25) is 0 Å². The molecule has 2 nitrogen and oxygen atoms in total. The molecule has 0 fully saturated rings. The molecule has 0 aliphatic rings. The smallest absolute Gasteiger partial charge is 0.153 e. The quantitative estimate of drug-likeness (QED) is 0.522. The molecule has 0 atom stereocenters. The molecule has 1 heterocycles. The Labute approximate surface area is 112 Å². The first kappa shape index (κ1) is 15.2. The van der Waals surface area contributed by atoms with E-state index in [-0.39, 0.29) is 0 Å². The Morgan fingerprint density at radius 2 is 1.78 bits per heavy atom. The largest absolute Gasteiger partial charge is 0.470 e. The Balaban J connectivity index is 3.09. The highest BCUT2D eigenvalue weighted by Gasteiger charge is 2.33. The summed E-state index contributed by atoms with van der Waals surface area (Å²) in [6.45, 7) is 8.93. The van der Waals surface area contributed by atoms with Crippen LogP contribution in [0.1, 0.15) is 56.7 Å². The molecule has 0 aliphatic heterocycles. The maximum absolute atomic E-state index is 11.2. The lowest BCUT2D eigenvalue weighted by atomic mass is 10.1. The van der Waals surface area contributed by atoms with E-state index in [1.54, 1.807) is 0 Å². The van der Waals surface area contributed by atoms with Crippen LogP contribution in [0.2, 0.25) is 18.1 Å². The Morgan fingerprint density at radius 3 is 2.22 bits per heavy atom. The number of furan rings is 1. The minimum Gasteiger partial charge on any atom is -0.470 e. The van der Waals surface area contributed by atoms with Gasteiger partial charge in [-0.1, -0.05) is 52.2 Å². The van der Waals surface area contributed by atoms with Gasteiger partial charge in [0.25, 0.3) is 0 Å². The maximum Gasteiger partial charge on any atom is 0.153 e. The van der Waals surface area contributed by atoms with Gasteiger partial charge in [0.15, 0.2) is 6.29 Å². The van der Waals surface area contributed by atoms with Crippen LogP contribution in [0, 0.1) is 0 Å². The monoisotopic (exact) mass is 266 g/mol. The maximum atomic E-state index is 11.2. The summed E-state index contributed by atoms with van der Waals surface area (Å²) in [5, 5.41) is 1.14. The zero-order chi connectivity index (χ0) is 13.6. The van der Waals surface area contributed by atoms with E-state index >= 15 is 0 Å². The highest BCUT2D eigenvalue weighted by molar-refractivity contribution is 6.90. The molecule has 1 rings (SSSR count).